The SMILES string of the molecule is CC(C)c1ccc(N=C(NO)N2CCN(c3ncncc3Cl)CC2)cc1. The minimum atomic E-state index is 0.440. The van der Waals surface area contributed by atoms with Crippen molar-refractivity contribution >= 4 is 29.1 Å². The van der Waals surface area contributed by atoms with E-state index >= 15 is 0 Å². The van der Waals surface area contributed by atoms with Crippen LogP contribution in [-0.4, -0.2) is 52.2 Å². The fraction of sp³-hybridized carbons (Fsp3) is 0.389. The molecule has 0 aliphatic carbocycles. The maximum atomic E-state index is 9.53. The highest BCUT2D eigenvalue weighted by Crippen LogP contribution is 2.23. The first-order valence-corrected chi connectivity index (χ1v) is 9.00. The summed E-state index contributed by atoms with van der Waals surface area (Å²) in [5.74, 6) is 1.65. The van der Waals surface area contributed by atoms with E-state index in [0.717, 1.165) is 24.6 Å². The molecule has 26 heavy (non-hydrogen) atoms. The van der Waals surface area contributed by atoms with E-state index < -0.39 is 0 Å². The summed E-state index contributed by atoms with van der Waals surface area (Å²) in [4.78, 5) is 16.8. The van der Waals surface area contributed by atoms with E-state index in [0.29, 0.717) is 30.0 Å². The van der Waals surface area contributed by atoms with Crippen molar-refractivity contribution in [3.63, 3.8) is 0 Å². The van der Waals surface area contributed by atoms with Crippen LogP contribution in [-0.2, 0) is 0 Å². The average molecular weight is 375 g/mol. The van der Waals surface area contributed by atoms with Crippen molar-refractivity contribution in [3.05, 3.63) is 47.4 Å². The van der Waals surface area contributed by atoms with Crippen LogP contribution in [0.2, 0.25) is 5.02 Å². The van der Waals surface area contributed by atoms with Crippen molar-refractivity contribution in [2.75, 3.05) is 31.1 Å². The second kappa shape index (κ2) is 8.33. The van der Waals surface area contributed by atoms with Gasteiger partial charge in [0.15, 0.2) is 5.82 Å². The smallest absolute Gasteiger partial charge is 0.223 e. The summed E-state index contributed by atoms with van der Waals surface area (Å²) in [6, 6.07) is 8.05. The van der Waals surface area contributed by atoms with E-state index in [1.807, 2.05) is 17.0 Å². The lowest BCUT2D eigenvalue weighted by atomic mass is 10.0. The van der Waals surface area contributed by atoms with E-state index in [1.165, 1.54) is 11.9 Å². The van der Waals surface area contributed by atoms with Gasteiger partial charge in [-0.25, -0.2) is 20.4 Å². The number of aliphatic imine (C=N–C) groups is 1. The Kier molecular flexibility index (Phi) is 5.90. The molecular formula is C18H23ClN6O. The second-order valence-electron chi connectivity index (χ2n) is 6.46. The van der Waals surface area contributed by atoms with Crippen molar-refractivity contribution in [2.24, 2.45) is 4.99 Å². The number of nitrogens with zero attached hydrogens (tertiary/aromatic N) is 5. The van der Waals surface area contributed by atoms with Crippen molar-refractivity contribution in [3.8, 4) is 0 Å². The summed E-state index contributed by atoms with van der Waals surface area (Å²) < 4.78 is 0. The van der Waals surface area contributed by atoms with Gasteiger partial charge in [-0.15, -0.1) is 0 Å². The van der Waals surface area contributed by atoms with E-state index in [2.05, 4.69) is 51.3 Å². The number of piperazine rings is 1. The summed E-state index contributed by atoms with van der Waals surface area (Å²) in [6.45, 7) is 7.14. The first kappa shape index (κ1) is 18.4. The Morgan fingerprint density at radius 3 is 2.46 bits per heavy atom. The highest BCUT2D eigenvalue weighted by Gasteiger charge is 2.22. The van der Waals surface area contributed by atoms with Crippen LogP contribution in [0.15, 0.2) is 41.8 Å². The minimum absolute atomic E-state index is 0.440. The zero-order valence-corrected chi connectivity index (χ0v) is 15.7. The van der Waals surface area contributed by atoms with Gasteiger partial charge in [-0.3, -0.25) is 5.21 Å². The van der Waals surface area contributed by atoms with Gasteiger partial charge in [0.25, 0.3) is 0 Å². The number of hydrogen-bond acceptors (Lipinski definition) is 5. The predicted octanol–water partition coefficient (Wildman–Crippen LogP) is 3.04. The summed E-state index contributed by atoms with van der Waals surface area (Å²) in [6.07, 6.45) is 3.09. The molecule has 1 aliphatic rings. The average Bonchev–Trinajstić information content (AvgIpc) is 2.67. The Morgan fingerprint density at radius 1 is 1.19 bits per heavy atom. The highest BCUT2D eigenvalue weighted by molar-refractivity contribution is 6.32. The van der Waals surface area contributed by atoms with Crippen LogP contribution in [0.3, 0.4) is 0 Å². The van der Waals surface area contributed by atoms with Crippen LogP contribution in [0, 0.1) is 0 Å². The van der Waals surface area contributed by atoms with E-state index in [1.54, 1.807) is 6.20 Å². The molecule has 0 atom stereocenters. The molecule has 1 fully saturated rings. The van der Waals surface area contributed by atoms with Gasteiger partial charge in [-0.05, 0) is 23.6 Å². The van der Waals surface area contributed by atoms with Gasteiger partial charge in [0.2, 0.25) is 5.96 Å². The third-order valence-electron chi connectivity index (χ3n) is 4.42. The molecule has 138 valence electrons. The van der Waals surface area contributed by atoms with Crippen LogP contribution >= 0.6 is 11.6 Å². The van der Waals surface area contributed by atoms with Gasteiger partial charge in [0, 0.05) is 26.2 Å². The quantitative estimate of drug-likeness (QED) is 0.488. The number of halogens is 1. The van der Waals surface area contributed by atoms with Crippen LogP contribution in [0.5, 0.6) is 0 Å². The summed E-state index contributed by atoms with van der Waals surface area (Å²) >= 11 is 6.17. The molecule has 1 aliphatic heterocycles. The fourth-order valence-electron chi connectivity index (χ4n) is 2.89. The molecule has 0 unspecified atom stereocenters. The Balaban J connectivity index is 1.67. The molecule has 1 saturated heterocycles. The maximum Gasteiger partial charge on any atom is 0.223 e. The standard InChI is InChI=1S/C18H23ClN6O/c1-13(2)14-3-5-15(6-4-14)22-18(23-26)25-9-7-24(8-10-25)17-16(19)11-20-12-21-17/h3-6,11-13,26H,7-10H2,1-2H3,(H,22,23). The third-order valence-corrected chi connectivity index (χ3v) is 4.69. The molecule has 0 saturated carbocycles. The number of hydrogen-bond donors (Lipinski definition) is 2. The molecule has 8 heteroatoms. The second-order valence-corrected chi connectivity index (χ2v) is 6.87. The molecule has 2 aromatic rings. The predicted molar refractivity (Wildman–Crippen MR) is 103 cm³/mol. The van der Waals surface area contributed by atoms with Gasteiger partial charge < -0.3 is 9.80 Å². The lowest BCUT2D eigenvalue weighted by Gasteiger charge is -2.36. The van der Waals surface area contributed by atoms with Crippen LogP contribution < -0.4 is 10.4 Å². The zero-order chi connectivity index (χ0) is 18.5. The van der Waals surface area contributed by atoms with Crippen molar-refractivity contribution < 1.29 is 5.21 Å². The summed E-state index contributed by atoms with van der Waals surface area (Å²) in [5, 5.41) is 10.1. The molecule has 0 spiro atoms. The Bertz CT molecular complexity index is 757. The number of guanidine groups is 1. The Morgan fingerprint density at radius 2 is 1.88 bits per heavy atom. The zero-order valence-electron chi connectivity index (χ0n) is 14.9. The van der Waals surface area contributed by atoms with Gasteiger partial charge >= 0.3 is 0 Å². The normalized spacial score (nSPS) is 15.5. The van der Waals surface area contributed by atoms with Gasteiger partial charge in [0.05, 0.1) is 11.9 Å². The number of benzene rings is 1. The van der Waals surface area contributed by atoms with Crippen molar-refractivity contribution in [1.29, 1.82) is 0 Å². The van der Waals surface area contributed by atoms with Crippen molar-refractivity contribution in [2.45, 2.75) is 19.8 Å². The molecule has 0 bridgehead atoms. The topological polar surface area (TPSA) is 76.9 Å². The molecule has 1 aromatic heterocycles. The number of nitrogens with one attached hydrogen (secondary N) is 1. The molecule has 2 N–H and O–H groups in total. The van der Waals surface area contributed by atoms with E-state index in [4.69, 9.17) is 11.6 Å². The van der Waals surface area contributed by atoms with Gasteiger partial charge in [-0.2, -0.15) is 0 Å². The van der Waals surface area contributed by atoms with E-state index in [-0.39, 0.29) is 0 Å². The molecule has 7 nitrogen and oxygen atoms in total. The molecular weight excluding hydrogens is 352 g/mol. The first-order valence-electron chi connectivity index (χ1n) is 8.62. The lowest BCUT2D eigenvalue weighted by Crippen LogP contribution is -2.52. The first-order chi connectivity index (χ1) is 12.6. The minimum Gasteiger partial charge on any atom is -0.352 e. The summed E-state index contributed by atoms with van der Waals surface area (Å²) in [5.41, 5.74) is 4.29. The number of anilines is 1. The molecule has 2 heterocycles. The molecule has 1 aromatic carbocycles. The molecule has 3 rings (SSSR count). The molecule has 0 radical (unpaired) electrons. The van der Waals surface area contributed by atoms with E-state index in [9.17, 15) is 5.21 Å². The molecule has 0 amide bonds. The summed E-state index contributed by atoms with van der Waals surface area (Å²) in [7, 11) is 0. The number of aromatic nitrogens is 2. The maximum absolute atomic E-state index is 9.53. The number of hydroxylamine groups is 1. The van der Waals surface area contributed by atoms with Crippen LogP contribution in [0.4, 0.5) is 11.5 Å². The lowest BCUT2D eigenvalue weighted by molar-refractivity contribution is 0.207. The third kappa shape index (κ3) is 4.23. The van der Waals surface area contributed by atoms with Crippen LogP contribution in [0.1, 0.15) is 25.3 Å². The fourth-order valence-corrected chi connectivity index (χ4v) is 3.12. The largest absolute Gasteiger partial charge is 0.352 e. The van der Waals surface area contributed by atoms with Gasteiger partial charge in [0.1, 0.15) is 11.3 Å². The van der Waals surface area contributed by atoms with Crippen molar-refractivity contribution in [1.82, 2.24) is 20.3 Å². The number of rotatable bonds is 3. The Labute approximate surface area is 158 Å². The van der Waals surface area contributed by atoms with Gasteiger partial charge in [-0.1, -0.05) is 37.6 Å². The highest BCUT2D eigenvalue weighted by atomic mass is 35.5. The monoisotopic (exact) mass is 374 g/mol. The Hall–Kier alpha value is -2.38. The van der Waals surface area contributed by atoms with Crippen LogP contribution in [0.25, 0.3) is 0 Å².